The molecule has 31 heavy (non-hydrogen) atoms. The fourth-order valence-corrected chi connectivity index (χ4v) is 3.74. The first-order valence-corrected chi connectivity index (χ1v) is 11.2. The number of dihydropyridines is 1. The van der Waals surface area contributed by atoms with Crippen LogP contribution in [0.4, 0.5) is 0 Å². The van der Waals surface area contributed by atoms with Crippen molar-refractivity contribution < 1.29 is 28.5 Å². The van der Waals surface area contributed by atoms with E-state index in [4.69, 9.17) is 33.0 Å². The lowest BCUT2D eigenvalue weighted by molar-refractivity contribution is -0.136. The lowest BCUT2D eigenvalue weighted by atomic mass is 10.00. The normalized spacial score (nSPS) is 15.6. The smallest absolute Gasteiger partial charge is 0.375 e. The average molecular weight is 483 g/mol. The average Bonchev–Trinajstić information content (AvgIpc) is 2.71. The number of amides is 1. The van der Waals surface area contributed by atoms with Crippen LogP contribution in [0, 0.1) is 0 Å². The largest absolute Gasteiger partial charge is 0.527 e. The molecule has 0 spiro atoms. The zero-order valence-corrected chi connectivity index (χ0v) is 18.2. The second-order valence-electron chi connectivity index (χ2n) is 6.48. The summed E-state index contributed by atoms with van der Waals surface area (Å²) in [7, 11) is -4.93. The van der Waals surface area contributed by atoms with Gasteiger partial charge in [0.15, 0.2) is 0 Å². The Morgan fingerprint density at radius 3 is 2.35 bits per heavy atom. The summed E-state index contributed by atoms with van der Waals surface area (Å²) in [4.78, 5) is 41.8. The van der Waals surface area contributed by atoms with Crippen LogP contribution < -0.4 is 10.6 Å². The summed E-state index contributed by atoms with van der Waals surface area (Å²) >= 11 is 12.1. The number of hydrogen-bond donors (Lipinski definition) is 4. The third-order valence-corrected chi connectivity index (χ3v) is 5.33. The molecule has 2 aromatic rings. The van der Waals surface area contributed by atoms with Crippen LogP contribution in [0.1, 0.15) is 21.5 Å². The van der Waals surface area contributed by atoms with Gasteiger partial charge in [0.25, 0.3) is 5.91 Å². The van der Waals surface area contributed by atoms with Crippen molar-refractivity contribution in [1.29, 1.82) is 0 Å². The van der Waals surface area contributed by atoms with Gasteiger partial charge in [-0.05, 0) is 47.2 Å². The molecule has 1 atom stereocenters. The molecule has 0 radical (unpaired) electrons. The van der Waals surface area contributed by atoms with E-state index < -0.39 is 25.7 Å². The number of carbonyl (C=O) groups is 2. The Kier molecular flexibility index (Phi) is 7.20. The molecule has 0 aliphatic carbocycles. The van der Waals surface area contributed by atoms with Crippen LogP contribution in [0.25, 0.3) is 5.57 Å². The third kappa shape index (κ3) is 6.19. The first-order valence-electron chi connectivity index (χ1n) is 8.89. The van der Waals surface area contributed by atoms with Crippen molar-refractivity contribution in [3.63, 3.8) is 0 Å². The molecule has 0 aromatic heterocycles. The number of phosphoric ester groups is 1. The Morgan fingerprint density at radius 1 is 1.10 bits per heavy atom. The summed E-state index contributed by atoms with van der Waals surface area (Å²) in [6, 6.07) is 11.0. The van der Waals surface area contributed by atoms with Gasteiger partial charge in [-0.15, -0.1) is 0 Å². The fraction of sp³-hybridized carbons (Fsp3) is 0.100. The number of rotatable bonds is 6. The SMILES string of the molecule is O=C(NCc1ccc(C2=CC(C(=O)OP(=O)(O)O)NC=C2)cc1)c1c(Cl)cccc1Cl. The highest BCUT2D eigenvalue weighted by Crippen LogP contribution is 2.36. The van der Waals surface area contributed by atoms with E-state index in [2.05, 4.69) is 15.2 Å². The lowest BCUT2D eigenvalue weighted by Gasteiger charge is -2.18. The van der Waals surface area contributed by atoms with Gasteiger partial charge in [-0.2, -0.15) is 0 Å². The maximum absolute atomic E-state index is 12.4. The Morgan fingerprint density at radius 2 is 1.74 bits per heavy atom. The monoisotopic (exact) mass is 482 g/mol. The van der Waals surface area contributed by atoms with E-state index in [1.165, 1.54) is 12.3 Å². The van der Waals surface area contributed by atoms with Crippen LogP contribution in [0.5, 0.6) is 0 Å². The van der Waals surface area contributed by atoms with E-state index >= 15 is 0 Å². The minimum absolute atomic E-state index is 0.209. The number of benzene rings is 2. The van der Waals surface area contributed by atoms with Crippen LogP contribution in [-0.4, -0.2) is 27.7 Å². The van der Waals surface area contributed by atoms with E-state index in [0.29, 0.717) is 5.57 Å². The van der Waals surface area contributed by atoms with Gasteiger partial charge in [0.05, 0.1) is 15.6 Å². The highest BCUT2D eigenvalue weighted by atomic mass is 35.5. The van der Waals surface area contributed by atoms with Crippen molar-refractivity contribution in [2.24, 2.45) is 0 Å². The molecule has 0 fully saturated rings. The van der Waals surface area contributed by atoms with Crippen molar-refractivity contribution in [2.75, 3.05) is 0 Å². The van der Waals surface area contributed by atoms with Crippen molar-refractivity contribution in [3.8, 4) is 0 Å². The molecule has 1 aliphatic rings. The van der Waals surface area contributed by atoms with E-state index in [0.717, 1.165) is 11.1 Å². The quantitative estimate of drug-likeness (QED) is 0.464. The van der Waals surface area contributed by atoms with E-state index in [1.807, 2.05) is 0 Å². The summed E-state index contributed by atoms with van der Waals surface area (Å²) in [6.07, 6.45) is 4.69. The van der Waals surface area contributed by atoms with Crippen LogP contribution >= 0.6 is 31.0 Å². The molecule has 3 rings (SSSR count). The second-order valence-corrected chi connectivity index (χ2v) is 8.45. The molecule has 0 bridgehead atoms. The van der Waals surface area contributed by atoms with Gasteiger partial charge in [-0.1, -0.05) is 53.5 Å². The zero-order chi connectivity index (χ0) is 22.6. The molecule has 11 heteroatoms. The third-order valence-electron chi connectivity index (χ3n) is 4.28. The van der Waals surface area contributed by atoms with Crippen molar-refractivity contribution in [3.05, 3.63) is 87.6 Å². The summed E-state index contributed by atoms with van der Waals surface area (Å²) < 4.78 is 15.0. The molecule has 8 nitrogen and oxygen atoms in total. The highest BCUT2D eigenvalue weighted by molar-refractivity contribution is 7.46. The van der Waals surface area contributed by atoms with Gasteiger partial charge in [0.1, 0.15) is 6.04 Å². The molecule has 2 aromatic carbocycles. The van der Waals surface area contributed by atoms with Gasteiger partial charge in [0.2, 0.25) is 0 Å². The van der Waals surface area contributed by atoms with Gasteiger partial charge in [-0.3, -0.25) is 14.6 Å². The zero-order valence-electron chi connectivity index (χ0n) is 15.8. The number of carbonyl (C=O) groups excluding carboxylic acids is 2. The number of hydrogen-bond acceptors (Lipinski definition) is 5. The predicted molar refractivity (Wildman–Crippen MR) is 116 cm³/mol. The van der Waals surface area contributed by atoms with Crippen molar-refractivity contribution in [2.45, 2.75) is 12.6 Å². The van der Waals surface area contributed by atoms with Crippen LogP contribution in [0.3, 0.4) is 0 Å². The van der Waals surface area contributed by atoms with Crippen LogP contribution in [0.15, 0.2) is 60.8 Å². The molecule has 4 N–H and O–H groups in total. The molecule has 0 saturated carbocycles. The summed E-state index contributed by atoms with van der Waals surface area (Å²) in [5.41, 5.74) is 2.44. The van der Waals surface area contributed by atoms with Crippen LogP contribution in [0.2, 0.25) is 10.0 Å². The predicted octanol–water partition coefficient (Wildman–Crippen LogP) is 3.43. The van der Waals surface area contributed by atoms with E-state index in [9.17, 15) is 14.2 Å². The molecule has 1 unspecified atom stereocenters. The molecular formula is C20H17Cl2N2O6P. The highest BCUT2D eigenvalue weighted by Gasteiger charge is 2.27. The number of phosphoric acid groups is 1. The summed E-state index contributed by atoms with van der Waals surface area (Å²) in [5.74, 6) is -1.48. The molecule has 162 valence electrons. The van der Waals surface area contributed by atoms with Gasteiger partial charge in [-0.25, -0.2) is 9.36 Å². The van der Waals surface area contributed by atoms with Gasteiger partial charge in [0, 0.05) is 6.54 Å². The Bertz CT molecular complexity index is 1090. The number of allylic oxidation sites excluding steroid dienone is 2. The molecule has 1 amide bonds. The number of halogens is 2. The Labute approximate surface area is 187 Å². The molecular weight excluding hydrogens is 466 g/mol. The standard InChI is InChI=1S/C20H17Cl2N2O6P/c21-15-2-1-3-16(22)18(15)19(25)24-11-12-4-6-13(7-5-12)14-8-9-23-17(10-14)20(26)30-31(27,28)29/h1-10,17,23H,11H2,(H,24,25)(H2,27,28,29). The summed E-state index contributed by atoms with van der Waals surface area (Å²) in [6.45, 7) is 0.244. The molecule has 1 aliphatic heterocycles. The van der Waals surface area contributed by atoms with Gasteiger partial charge >= 0.3 is 13.8 Å². The maximum Gasteiger partial charge on any atom is 0.527 e. The topological polar surface area (TPSA) is 125 Å². The Balaban J connectivity index is 1.66. The maximum atomic E-state index is 12.4. The van der Waals surface area contributed by atoms with E-state index in [-0.39, 0.29) is 22.2 Å². The minimum atomic E-state index is -4.93. The lowest BCUT2D eigenvalue weighted by Crippen LogP contribution is -2.34. The molecule has 0 saturated heterocycles. The summed E-state index contributed by atoms with van der Waals surface area (Å²) in [5, 5.41) is 5.95. The molecule has 1 heterocycles. The minimum Gasteiger partial charge on any atom is -0.375 e. The second kappa shape index (κ2) is 9.68. The Hall–Kier alpha value is -2.61. The van der Waals surface area contributed by atoms with Crippen molar-refractivity contribution in [1.82, 2.24) is 10.6 Å². The van der Waals surface area contributed by atoms with Crippen LogP contribution in [-0.2, 0) is 20.4 Å². The fourth-order valence-electron chi connectivity index (χ4n) is 2.83. The van der Waals surface area contributed by atoms with Gasteiger partial charge < -0.3 is 15.2 Å². The van der Waals surface area contributed by atoms with Crippen molar-refractivity contribution >= 4 is 48.5 Å². The number of nitrogens with one attached hydrogen (secondary N) is 2. The first-order chi connectivity index (χ1) is 14.6. The first kappa shape index (κ1) is 23.1. The van der Waals surface area contributed by atoms with E-state index in [1.54, 1.807) is 48.5 Å².